The molecule has 106 valence electrons. The molecule has 0 aromatic carbocycles. The summed E-state index contributed by atoms with van der Waals surface area (Å²) >= 11 is 0. The van der Waals surface area contributed by atoms with E-state index in [1.807, 2.05) is 20.8 Å². The third-order valence-corrected chi connectivity index (χ3v) is 4.11. The Bertz CT molecular complexity index is 262. The van der Waals surface area contributed by atoms with Crippen LogP contribution in [0.5, 0.6) is 0 Å². The summed E-state index contributed by atoms with van der Waals surface area (Å²) in [6.45, 7) is 8.27. The molecule has 0 unspecified atom stereocenters. The summed E-state index contributed by atoms with van der Waals surface area (Å²) in [6.07, 6.45) is 7.35. The Kier molecular flexibility index (Phi) is 5.64. The number of carbonyl (C=O) groups is 1. The second-order valence-corrected chi connectivity index (χ2v) is 6.86. The van der Waals surface area contributed by atoms with Crippen LogP contribution in [0.4, 0.5) is 0 Å². The highest BCUT2D eigenvalue weighted by Crippen LogP contribution is 2.28. The molecule has 1 aliphatic carbocycles. The molecule has 0 spiro atoms. The zero-order chi connectivity index (χ0) is 13.8. The van der Waals surface area contributed by atoms with Gasteiger partial charge in [-0.05, 0) is 37.0 Å². The molecular formula is C15H30N2O. The molecular weight excluding hydrogens is 224 g/mol. The van der Waals surface area contributed by atoms with E-state index in [0.717, 1.165) is 18.8 Å². The predicted octanol–water partition coefficient (Wildman–Crippen LogP) is 2.83. The molecule has 1 saturated carbocycles. The molecule has 3 nitrogen and oxygen atoms in total. The molecule has 0 heterocycles. The third kappa shape index (κ3) is 4.60. The van der Waals surface area contributed by atoms with Gasteiger partial charge in [-0.2, -0.15) is 0 Å². The highest BCUT2D eigenvalue weighted by molar-refractivity contribution is 5.82. The van der Waals surface area contributed by atoms with Gasteiger partial charge in [-0.25, -0.2) is 0 Å². The number of amides is 1. The zero-order valence-electron chi connectivity index (χ0n) is 12.5. The van der Waals surface area contributed by atoms with Crippen molar-refractivity contribution in [2.24, 2.45) is 17.1 Å². The molecule has 0 aromatic rings. The average molecular weight is 254 g/mol. The summed E-state index contributed by atoms with van der Waals surface area (Å²) < 4.78 is 0. The van der Waals surface area contributed by atoms with Gasteiger partial charge in [0.25, 0.3) is 0 Å². The van der Waals surface area contributed by atoms with Gasteiger partial charge in [0, 0.05) is 6.04 Å². The van der Waals surface area contributed by atoms with Gasteiger partial charge in [0.15, 0.2) is 0 Å². The van der Waals surface area contributed by atoms with Crippen molar-refractivity contribution in [3.05, 3.63) is 0 Å². The van der Waals surface area contributed by atoms with Crippen LogP contribution in [0.25, 0.3) is 0 Å². The van der Waals surface area contributed by atoms with Crippen LogP contribution in [0.1, 0.15) is 66.2 Å². The largest absolute Gasteiger partial charge is 0.352 e. The van der Waals surface area contributed by atoms with Crippen LogP contribution in [0, 0.1) is 11.3 Å². The van der Waals surface area contributed by atoms with Crippen molar-refractivity contribution in [1.82, 2.24) is 5.32 Å². The molecule has 1 aliphatic rings. The summed E-state index contributed by atoms with van der Waals surface area (Å²) in [7, 11) is 0. The van der Waals surface area contributed by atoms with E-state index in [1.54, 1.807) is 0 Å². The van der Waals surface area contributed by atoms with E-state index in [0.29, 0.717) is 6.04 Å². The monoisotopic (exact) mass is 254 g/mol. The minimum atomic E-state index is -0.411. The minimum absolute atomic E-state index is 0.0152. The first-order valence-electron chi connectivity index (χ1n) is 7.40. The first-order valence-corrected chi connectivity index (χ1v) is 7.40. The normalized spacial score (nSPS) is 26.7. The molecule has 0 saturated heterocycles. The van der Waals surface area contributed by atoms with E-state index in [1.165, 1.54) is 25.7 Å². The molecule has 18 heavy (non-hydrogen) atoms. The summed E-state index contributed by atoms with van der Waals surface area (Å²) in [5, 5.41) is 3.12. The highest BCUT2D eigenvalue weighted by atomic mass is 16.2. The van der Waals surface area contributed by atoms with Crippen LogP contribution in [-0.2, 0) is 4.79 Å². The van der Waals surface area contributed by atoms with Gasteiger partial charge in [0.1, 0.15) is 0 Å². The second kappa shape index (κ2) is 6.55. The summed E-state index contributed by atoms with van der Waals surface area (Å²) in [5.41, 5.74) is 5.81. The summed E-state index contributed by atoms with van der Waals surface area (Å²) in [4.78, 5) is 12.0. The van der Waals surface area contributed by atoms with E-state index >= 15 is 0 Å². The first-order chi connectivity index (χ1) is 8.34. The lowest BCUT2D eigenvalue weighted by Crippen LogP contribution is -2.51. The van der Waals surface area contributed by atoms with Crippen molar-refractivity contribution in [3.8, 4) is 0 Å². The molecule has 0 radical (unpaired) electrons. The Morgan fingerprint density at radius 2 is 1.83 bits per heavy atom. The lowest BCUT2D eigenvalue weighted by atomic mass is 9.82. The molecule has 3 N–H and O–H groups in total. The topological polar surface area (TPSA) is 55.1 Å². The molecule has 0 aliphatic heterocycles. The average Bonchev–Trinajstić information content (AvgIpc) is 2.30. The first kappa shape index (κ1) is 15.5. The second-order valence-electron chi connectivity index (χ2n) is 6.86. The molecule has 1 fully saturated rings. The molecule has 0 bridgehead atoms. The molecule has 0 aromatic heterocycles. The maximum Gasteiger partial charge on any atom is 0.237 e. The Morgan fingerprint density at radius 1 is 1.28 bits per heavy atom. The summed E-state index contributed by atoms with van der Waals surface area (Å²) in [5.74, 6) is 0.890. The van der Waals surface area contributed by atoms with Gasteiger partial charge in [0.2, 0.25) is 5.91 Å². The van der Waals surface area contributed by atoms with Crippen LogP contribution in [0.2, 0.25) is 0 Å². The quantitative estimate of drug-likeness (QED) is 0.810. The lowest BCUT2D eigenvalue weighted by Gasteiger charge is -2.32. The van der Waals surface area contributed by atoms with E-state index in [4.69, 9.17) is 5.73 Å². The Balaban J connectivity index is 2.35. The van der Waals surface area contributed by atoms with Crippen molar-refractivity contribution in [2.75, 3.05) is 0 Å². The standard InChI is InChI=1S/C15H30N2O/c1-5-6-11-7-9-12(10-8-11)17-14(18)13(16)15(2,3)4/h11-13H,5-10,16H2,1-4H3,(H,17,18)/t11?,12?,13-/m0/s1. The van der Waals surface area contributed by atoms with Crippen LogP contribution in [-0.4, -0.2) is 18.0 Å². The fraction of sp³-hybridized carbons (Fsp3) is 0.933. The van der Waals surface area contributed by atoms with Crippen LogP contribution >= 0.6 is 0 Å². The van der Waals surface area contributed by atoms with Crippen molar-refractivity contribution in [2.45, 2.75) is 78.3 Å². The van der Waals surface area contributed by atoms with Crippen LogP contribution in [0.15, 0.2) is 0 Å². The maximum atomic E-state index is 12.0. The van der Waals surface area contributed by atoms with E-state index < -0.39 is 6.04 Å². The smallest absolute Gasteiger partial charge is 0.237 e. The number of carbonyl (C=O) groups excluding carboxylic acids is 1. The molecule has 1 rings (SSSR count). The van der Waals surface area contributed by atoms with Crippen molar-refractivity contribution in [1.29, 1.82) is 0 Å². The van der Waals surface area contributed by atoms with E-state index in [-0.39, 0.29) is 11.3 Å². The van der Waals surface area contributed by atoms with Gasteiger partial charge < -0.3 is 11.1 Å². The Morgan fingerprint density at radius 3 is 2.28 bits per heavy atom. The van der Waals surface area contributed by atoms with E-state index in [9.17, 15) is 4.79 Å². The maximum absolute atomic E-state index is 12.0. The molecule has 1 atom stereocenters. The van der Waals surface area contributed by atoms with Crippen LogP contribution in [0.3, 0.4) is 0 Å². The van der Waals surface area contributed by atoms with Crippen LogP contribution < -0.4 is 11.1 Å². The van der Waals surface area contributed by atoms with Gasteiger partial charge in [-0.1, -0.05) is 40.5 Å². The summed E-state index contributed by atoms with van der Waals surface area (Å²) in [6, 6.07) is -0.0649. The molecule has 1 amide bonds. The molecule has 3 heteroatoms. The van der Waals surface area contributed by atoms with Gasteiger partial charge in [-0.15, -0.1) is 0 Å². The van der Waals surface area contributed by atoms with Crippen molar-refractivity contribution < 1.29 is 4.79 Å². The number of nitrogens with two attached hydrogens (primary N) is 1. The minimum Gasteiger partial charge on any atom is -0.352 e. The number of hydrogen-bond donors (Lipinski definition) is 2. The Labute approximate surface area is 112 Å². The van der Waals surface area contributed by atoms with Gasteiger partial charge >= 0.3 is 0 Å². The number of rotatable bonds is 4. The Hall–Kier alpha value is -0.570. The predicted molar refractivity (Wildman–Crippen MR) is 76.2 cm³/mol. The zero-order valence-corrected chi connectivity index (χ0v) is 12.5. The van der Waals surface area contributed by atoms with Crippen molar-refractivity contribution >= 4 is 5.91 Å². The lowest BCUT2D eigenvalue weighted by molar-refractivity contribution is -0.125. The van der Waals surface area contributed by atoms with Gasteiger partial charge in [-0.3, -0.25) is 4.79 Å². The fourth-order valence-corrected chi connectivity index (χ4v) is 2.69. The number of hydrogen-bond acceptors (Lipinski definition) is 2. The number of nitrogens with one attached hydrogen (secondary N) is 1. The fourth-order valence-electron chi connectivity index (χ4n) is 2.69. The van der Waals surface area contributed by atoms with E-state index in [2.05, 4.69) is 12.2 Å². The SMILES string of the molecule is CCCC1CCC(NC(=O)[C@H](N)C(C)(C)C)CC1. The highest BCUT2D eigenvalue weighted by Gasteiger charge is 2.30. The third-order valence-electron chi connectivity index (χ3n) is 4.11. The van der Waals surface area contributed by atoms with Gasteiger partial charge in [0.05, 0.1) is 6.04 Å². The van der Waals surface area contributed by atoms with Crippen molar-refractivity contribution in [3.63, 3.8) is 0 Å².